The third-order valence-electron chi connectivity index (χ3n) is 6.60. The van der Waals surface area contributed by atoms with Crippen molar-refractivity contribution in [2.75, 3.05) is 15.7 Å². The molecule has 0 spiro atoms. The Labute approximate surface area is 247 Å². The molecular weight excluding hydrogens is 659 g/mol. The van der Waals surface area contributed by atoms with E-state index in [2.05, 4.69) is 83.7 Å². The first kappa shape index (κ1) is 28.3. The number of aryl methyl sites for hydroxylation is 2. The molecule has 2 atom stereocenters. The quantitative estimate of drug-likeness (QED) is 0.138. The molecule has 2 unspecified atom stereocenters. The van der Waals surface area contributed by atoms with Gasteiger partial charge >= 0.3 is 0 Å². The van der Waals surface area contributed by atoms with Crippen molar-refractivity contribution in [3.63, 3.8) is 0 Å². The number of hydrazine groups is 1. The summed E-state index contributed by atoms with van der Waals surface area (Å²) in [5.74, 6) is 1.74. The second-order valence-electron chi connectivity index (χ2n) is 9.08. The van der Waals surface area contributed by atoms with Crippen molar-refractivity contribution in [2.45, 2.75) is 39.4 Å². The van der Waals surface area contributed by atoms with E-state index in [0.717, 1.165) is 34.2 Å². The first-order valence-electron chi connectivity index (χ1n) is 12.4. The Bertz CT molecular complexity index is 1310. The number of amidine groups is 1. The summed E-state index contributed by atoms with van der Waals surface area (Å²) in [5.41, 5.74) is 10.2. The number of anilines is 2. The maximum atomic E-state index is 4.99. The number of nitrogens with one attached hydrogen (secondary N) is 1. The summed E-state index contributed by atoms with van der Waals surface area (Å²) in [6.07, 6.45) is 4.52. The van der Waals surface area contributed by atoms with Gasteiger partial charge in [0.25, 0.3) is 0 Å². The number of nitrogens with zero attached hydrogens (tertiary/aromatic N) is 5. The molecule has 1 fully saturated rings. The minimum atomic E-state index is -0.151. The van der Waals surface area contributed by atoms with Gasteiger partial charge in [-0.05, 0) is 66.8 Å². The average Bonchev–Trinajstić information content (AvgIpc) is 3.57. The van der Waals surface area contributed by atoms with Crippen molar-refractivity contribution in [1.29, 1.82) is 0 Å². The number of ether oxygens (including phenoxy) is 1. The zero-order valence-corrected chi connectivity index (χ0v) is 26.2. The maximum absolute atomic E-state index is 4.99. The molecule has 9 heteroatoms. The van der Waals surface area contributed by atoms with Crippen LogP contribution in [0.4, 0.5) is 11.4 Å². The molecule has 0 aromatic heterocycles. The normalized spacial score (nSPS) is 19.9. The van der Waals surface area contributed by atoms with E-state index in [9.17, 15) is 0 Å². The Balaban J connectivity index is 0.00000336. The van der Waals surface area contributed by atoms with Gasteiger partial charge in [0.05, 0.1) is 17.7 Å². The fraction of sp³-hybridized carbons (Fsp3) is 0.241. The van der Waals surface area contributed by atoms with E-state index in [1.165, 1.54) is 16.8 Å². The van der Waals surface area contributed by atoms with Crippen molar-refractivity contribution in [2.24, 2.45) is 15.2 Å². The Kier molecular flexibility index (Phi) is 9.57. The Morgan fingerprint density at radius 3 is 2.45 bits per heavy atom. The zero-order chi connectivity index (χ0) is 25.8. The van der Waals surface area contributed by atoms with E-state index in [1.807, 2.05) is 47.6 Å². The van der Waals surface area contributed by atoms with Crippen LogP contribution in [0.25, 0.3) is 0 Å². The summed E-state index contributed by atoms with van der Waals surface area (Å²) in [7, 11) is 3.43. The van der Waals surface area contributed by atoms with Crippen molar-refractivity contribution < 1.29 is 30.6 Å². The first-order chi connectivity index (χ1) is 18.1. The summed E-state index contributed by atoms with van der Waals surface area (Å²) in [4.78, 5) is 6.97. The van der Waals surface area contributed by atoms with Crippen LogP contribution in [0.1, 0.15) is 41.8 Å². The summed E-state index contributed by atoms with van der Waals surface area (Å²) < 4.78 is 4.99. The van der Waals surface area contributed by atoms with E-state index >= 15 is 0 Å². The number of rotatable bonds is 7. The Morgan fingerprint density at radius 2 is 1.79 bits per heavy atom. The van der Waals surface area contributed by atoms with Crippen molar-refractivity contribution in [3.05, 3.63) is 96.1 Å². The molecule has 5 rings (SSSR count). The summed E-state index contributed by atoms with van der Waals surface area (Å²) in [6.45, 7) is 6.56. The molecule has 38 heavy (non-hydrogen) atoms. The molecule has 1 N–H and O–H groups in total. The fourth-order valence-corrected chi connectivity index (χ4v) is 5.77. The third-order valence-corrected chi connectivity index (χ3v) is 7.69. The van der Waals surface area contributed by atoms with Crippen LogP contribution in [0.15, 0.2) is 81.9 Å². The van der Waals surface area contributed by atoms with Gasteiger partial charge in [-0.2, -0.15) is 17.6 Å². The topological polar surface area (TPSA) is 64.8 Å². The SMILES string of the molecule is [CH2-]Oc1ccc(N2C=NC(c3ccc(/C=N/N=C4\SCC(CC)N4c4c(C)cccc4C)cc3)N2)cc1.[Hf]. The summed E-state index contributed by atoms with van der Waals surface area (Å²) in [5, 5.41) is 11.9. The molecule has 2 aliphatic heterocycles. The van der Waals surface area contributed by atoms with Crippen LogP contribution in [-0.2, 0) is 25.8 Å². The molecule has 0 amide bonds. The first-order valence-corrected chi connectivity index (χ1v) is 13.4. The van der Waals surface area contributed by atoms with Gasteiger partial charge in [-0.1, -0.05) is 61.2 Å². The fourth-order valence-electron chi connectivity index (χ4n) is 4.56. The Morgan fingerprint density at radius 1 is 1.08 bits per heavy atom. The van der Waals surface area contributed by atoms with Crippen LogP contribution < -0.4 is 20.1 Å². The van der Waals surface area contributed by atoms with E-state index in [1.54, 1.807) is 18.1 Å². The number of para-hydroxylation sites is 1. The van der Waals surface area contributed by atoms with Crippen LogP contribution in [-0.4, -0.2) is 29.5 Å². The molecular formula is C29H31HfN6OS-. The molecule has 2 heterocycles. The summed E-state index contributed by atoms with van der Waals surface area (Å²) in [6, 6.07) is 22.7. The van der Waals surface area contributed by atoms with Crippen LogP contribution in [0, 0.1) is 21.0 Å². The van der Waals surface area contributed by atoms with Crippen LogP contribution in [0.5, 0.6) is 5.75 Å². The third kappa shape index (κ3) is 6.11. The smallest absolute Gasteiger partial charge is 0.190 e. The molecule has 194 valence electrons. The second kappa shape index (κ2) is 12.9. The van der Waals surface area contributed by atoms with Gasteiger partial charge in [0.1, 0.15) is 12.5 Å². The minimum absolute atomic E-state index is 0. The van der Waals surface area contributed by atoms with Crippen molar-refractivity contribution >= 4 is 40.9 Å². The predicted molar refractivity (Wildman–Crippen MR) is 156 cm³/mol. The average molecular weight is 690 g/mol. The van der Waals surface area contributed by atoms with Gasteiger partial charge in [-0.3, -0.25) is 5.01 Å². The monoisotopic (exact) mass is 691 g/mol. The summed E-state index contributed by atoms with van der Waals surface area (Å²) >= 11 is 1.77. The van der Waals surface area contributed by atoms with Crippen LogP contribution in [0.3, 0.4) is 0 Å². The molecule has 0 saturated carbocycles. The van der Waals surface area contributed by atoms with Gasteiger partial charge in [-0.25, -0.2) is 4.99 Å². The van der Waals surface area contributed by atoms with Crippen LogP contribution in [0.2, 0.25) is 0 Å². The number of aliphatic imine (C=N–C) groups is 1. The molecule has 1 saturated heterocycles. The number of hydrogen-bond acceptors (Lipinski definition) is 7. The standard InChI is InChI=1S/C29H31N6OS.Hf/c1-5-24-18-37-29(35(24)27-20(2)7-6-8-21(27)3)32-31-17-22-9-11-23(12-10-22)28-30-19-34(33-28)25-13-15-26(36-4)16-14-25;/h6-17,19,24,28,33H,4-5,18H2,1-3H3;/q-1;/b31-17+,32-29-;. The van der Waals surface area contributed by atoms with Crippen molar-refractivity contribution in [1.82, 2.24) is 5.43 Å². The van der Waals surface area contributed by atoms with Gasteiger partial charge in [0.2, 0.25) is 0 Å². The molecule has 0 aliphatic carbocycles. The van der Waals surface area contributed by atoms with E-state index in [-0.39, 0.29) is 32.0 Å². The van der Waals surface area contributed by atoms with Gasteiger partial charge in [-0.15, -0.1) is 5.10 Å². The van der Waals surface area contributed by atoms with Crippen LogP contribution >= 0.6 is 11.8 Å². The second-order valence-corrected chi connectivity index (χ2v) is 10.1. The van der Waals surface area contributed by atoms with Crippen molar-refractivity contribution in [3.8, 4) is 5.75 Å². The largest absolute Gasteiger partial charge is 0.665 e. The number of hydrogen-bond donors (Lipinski definition) is 1. The van der Waals surface area contributed by atoms with Gasteiger partial charge in [0, 0.05) is 43.3 Å². The molecule has 3 aromatic rings. The number of thioether (sulfide) groups is 1. The van der Waals surface area contributed by atoms with Gasteiger partial charge in [0.15, 0.2) is 5.17 Å². The predicted octanol–water partition coefficient (Wildman–Crippen LogP) is 6.24. The Hall–Kier alpha value is -2.75. The van der Waals surface area contributed by atoms with E-state index in [0.29, 0.717) is 11.8 Å². The van der Waals surface area contributed by atoms with Gasteiger partial charge < -0.3 is 9.64 Å². The molecule has 0 radical (unpaired) electrons. The van der Waals surface area contributed by atoms with E-state index in [4.69, 9.17) is 4.74 Å². The zero-order valence-electron chi connectivity index (χ0n) is 21.8. The minimum Gasteiger partial charge on any atom is -0.665 e. The molecule has 0 bridgehead atoms. The van der Waals surface area contributed by atoms with E-state index < -0.39 is 0 Å². The molecule has 7 nitrogen and oxygen atoms in total. The molecule has 3 aromatic carbocycles. The molecule has 2 aliphatic rings. The maximum Gasteiger partial charge on any atom is 0.190 e. The number of benzene rings is 3.